The van der Waals surface area contributed by atoms with E-state index >= 15 is 0 Å². The molecule has 0 saturated carbocycles. The summed E-state index contributed by atoms with van der Waals surface area (Å²) < 4.78 is 0. The number of carbonyl (C=O) groups is 1. The minimum Gasteiger partial charge on any atom is -0.331 e. The van der Waals surface area contributed by atoms with Crippen LogP contribution in [0.3, 0.4) is 0 Å². The van der Waals surface area contributed by atoms with E-state index in [1.807, 2.05) is 4.90 Å². The lowest BCUT2D eigenvalue weighted by Crippen LogP contribution is -2.33. The predicted molar refractivity (Wildman–Crippen MR) is 107 cm³/mol. The summed E-state index contributed by atoms with van der Waals surface area (Å²) in [6.07, 6.45) is 19.2. The topological polar surface area (TPSA) is 20.3 Å². The molecule has 0 unspecified atom stereocenters. The smallest absolute Gasteiger partial charge is 0.278 e. The SMILES string of the molecule is CCCCCCCCCCCCCCCCN(C(=O)S)C(C)C. The van der Waals surface area contributed by atoms with Gasteiger partial charge < -0.3 is 4.90 Å². The van der Waals surface area contributed by atoms with E-state index in [0.29, 0.717) is 0 Å². The first-order chi connectivity index (χ1) is 11.1. The van der Waals surface area contributed by atoms with Crippen LogP contribution in [0.4, 0.5) is 4.79 Å². The number of carbonyl (C=O) groups excluding carboxylic acids is 1. The molecule has 0 heterocycles. The summed E-state index contributed by atoms with van der Waals surface area (Å²) in [7, 11) is 0. The lowest BCUT2D eigenvalue weighted by Gasteiger charge is -2.24. The molecule has 0 rings (SSSR count). The van der Waals surface area contributed by atoms with Crippen LogP contribution in [0.1, 0.15) is 111 Å². The third-order valence-corrected chi connectivity index (χ3v) is 4.88. The number of thiol groups is 1. The van der Waals surface area contributed by atoms with Crippen LogP contribution in [0.2, 0.25) is 0 Å². The zero-order chi connectivity index (χ0) is 17.3. The number of nitrogens with zero attached hydrogens (tertiary/aromatic N) is 1. The Morgan fingerprint density at radius 2 is 1.09 bits per heavy atom. The van der Waals surface area contributed by atoms with Gasteiger partial charge in [0, 0.05) is 12.6 Å². The molecule has 0 aromatic heterocycles. The van der Waals surface area contributed by atoms with Gasteiger partial charge in [-0.05, 0) is 20.3 Å². The molecule has 0 aromatic rings. The molecule has 0 aliphatic heterocycles. The van der Waals surface area contributed by atoms with Gasteiger partial charge in [0.15, 0.2) is 0 Å². The molecule has 138 valence electrons. The Bertz CT molecular complexity index is 268. The summed E-state index contributed by atoms with van der Waals surface area (Å²) in [4.78, 5) is 13.2. The van der Waals surface area contributed by atoms with Crippen molar-refractivity contribution in [2.75, 3.05) is 6.54 Å². The maximum Gasteiger partial charge on any atom is 0.278 e. The average Bonchev–Trinajstić information content (AvgIpc) is 2.50. The minimum atomic E-state index is -0.0882. The van der Waals surface area contributed by atoms with E-state index in [1.165, 1.54) is 83.5 Å². The molecule has 1 amide bonds. The molecule has 0 aliphatic rings. The molecule has 0 N–H and O–H groups in total. The first kappa shape index (κ1) is 22.8. The highest BCUT2D eigenvalue weighted by Crippen LogP contribution is 2.13. The van der Waals surface area contributed by atoms with Crippen LogP contribution in [0, 0.1) is 0 Å². The standard InChI is InChI=1S/C20H41NOS/c1-4-5-6-7-8-9-10-11-12-13-14-15-16-17-18-21(19(2)3)20(22)23/h19H,4-18H2,1-3H3,(H,22,23). The molecule has 0 spiro atoms. The van der Waals surface area contributed by atoms with Crippen molar-refractivity contribution in [2.24, 2.45) is 0 Å². The van der Waals surface area contributed by atoms with E-state index in [9.17, 15) is 4.79 Å². The van der Waals surface area contributed by atoms with Gasteiger partial charge in [-0.15, -0.1) is 0 Å². The number of unbranched alkanes of at least 4 members (excludes halogenated alkanes) is 13. The Kier molecular flexibility index (Phi) is 16.5. The van der Waals surface area contributed by atoms with Gasteiger partial charge in [0.1, 0.15) is 0 Å². The first-order valence-electron chi connectivity index (χ1n) is 10.1. The quantitative estimate of drug-likeness (QED) is 0.231. The van der Waals surface area contributed by atoms with Crippen LogP contribution < -0.4 is 0 Å². The van der Waals surface area contributed by atoms with E-state index in [4.69, 9.17) is 0 Å². The number of rotatable bonds is 16. The lowest BCUT2D eigenvalue weighted by molar-refractivity contribution is 0.207. The average molecular weight is 344 g/mol. The zero-order valence-electron chi connectivity index (χ0n) is 16.0. The Morgan fingerprint density at radius 1 is 0.739 bits per heavy atom. The molecular weight excluding hydrogens is 302 g/mol. The number of hydrogen-bond donors (Lipinski definition) is 1. The van der Waals surface area contributed by atoms with E-state index in [-0.39, 0.29) is 11.3 Å². The van der Waals surface area contributed by atoms with Crippen molar-refractivity contribution in [2.45, 2.75) is 117 Å². The van der Waals surface area contributed by atoms with Crippen molar-refractivity contribution in [3.63, 3.8) is 0 Å². The highest BCUT2D eigenvalue weighted by atomic mass is 32.1. The van der Waals surface area contributed by atoms with Crippen molar-refractivity contribution >= 4 is 17.9 Å². The summed E-state index contributed by atoms with van der Waals surface area (Å²) in [5.74, 6) is 0. The molecule has 0 radical (unpaired) electrons. The highest BCUT2D eigenvalue weighted by Gasteiger charge is 2.12. The summed E-state index contributed by atoms with van der Waals surface area (Å²) >= 11 is 3.94. The van der Waals surface area contributed by atoms with E-state index in [2.05, 4.69) is 33.4 Å². The predicted octanol–water partition coefficient (Wildman–Crippen LogP) is 7.23. The second kappa shape index (κ2) is 16.7. The Hall–Kier alpha value is -0.180. The van der Waals surface area contributed by atoms with Crippen LogP contribution in [0.15, 0.2) is 0 Å². The highest BCUT2D eigenvalue weighted by molar-refractivity contribution is 7.96. The Morgan fingerprint density at radius 3 is 1.39 bits per heavy atom. The first-order valence-corrected chi connectivity index (χ1v) is 10.5. The third kappa shape index (κ3) is 15.1. The maximum atomic E-state index is 11.3. The summed E-state index contributed by atoms with van der Waals surface area (Å²) in [5, 5.41) is -0.0882. The van der Waals surface area contributed by atoms with Crippen molar-refractivity contribution in [1.82, 2.24) is 4.90 Å². The fourth-order valence-electron chi connectivity index (χ4n) is 3.05. The second-order valence-corrected chi connectivity index (χ2v) is 7.55. The van der Waals surface area contributed by atoms with Gasteiger partial charge in [-0.1, -0.05) is 103 Å². The molecule has 0 aliphatic carbocycles. The molecule has 23 heavy (non-hydrogen) atoms. The molecule has 0 aromatic carbocycles. The van der Waals surface area contributed by atoms with Gasteiger partial charge >= 0.3 is 0 Å². The normalized spacial score (nSPS) is 11.2. The van der Waals surface area contributed by atoms with Gasteiger partial charge in [-0.2, -0.15) is 0 Å². The van der Waals surface area contributed by atoms with Gasteiger partial charge in [-0.3, -0.25) is 4.79 Å². The molecule has 0 saturated heterocycles. The van der Waals surface area contributed by atoms with Crippen LogP contribution in [-0.4, -0.2) is 22.7 Å². The molecule has 2 nitrogen and oxygen atoms in total. The van der Waals surface area contributed by atoms with Crippen molar-refractivity contribution in [1.29, 1.82) is 0 Å². The summed E-state index contributed by atoms with van der Waals surface area (Å²) in [6, 6.07) is 0.266. The lowest BCUT2D eigenvalue weighted by atomic mass is 10.0. The van der Waals surface area contributed by atoms with Crippen LogP contribution in [0.5, 0.6) is 0 Å². The van der Waals surface area contributed by atoms with E-state index in [0.717, 1.165) is 13.0 Å². The van der Waals surface area contributed by atoms with Gasteiger partial charge in [0.25, 0.3) is 5.24 Å². The summed E-state index contributed by atoms with van der Waals surface area (Å²) in [5.41, 5.74) is 0. The monoisotopic (exact) mass is 343 g/mol. The van der Waals surface area contributed by atoms with E-state index < -0.39 is 0 Å². The third-order valence-electron chi connectivity index (χ3n) is 4.62. The molecule has 3 heteroatoms. The number of amides is 1. The van der Waals surface area contributed by atoms with Crippen LogP contribution >= 0.6 is 12.6 Å². The Balaban J connectivity index is 3.23. The molecular formula is C20H41NOS. The second-order valence-electron chi connectivity index (χ2n) is 7.17. The molecule has 0 bridgehead atoms. The van der Waals surface area contributed by atoms with Gasteiger partial charge in [0.2, 0.25) is 0 Å². The zero-order valence-corrected chi connectivity index (χ0v) is 16.9. The number of hydrogen-bond acceptors (Lipinski definition) is 1. The fourth-order valence-corrected chi connectivity index (χ4v) is 3.38. The molecule has 0 atom stereocenters. The van der Waals surface area contributed by atoms with Crippen molar-refractivity contribution in [3.05, 3.63) is 0 Å². The van der Waals surface area contributed by atoms with E-state index in [1.54, 1.807) is 0 Å². The van der Waals surface area contributed by atoms with Crippen molar-refractivity contribution in [3.8, 4) is 0 Å². The van der Waals surface area contributed by atoms with Crippen LogP contribution in [0.25, 0.3) is 0 Å². The van der Waals surface area contributed by atoms with Gasteiger partial charge in [-0.25, -0.2) is 0 Å². The van der Waals surface area contributed by atoms with Gasteiger partial charge in [0.05, 0.1) is 0 Å². The van der Waals surface area contributed by atoms with Crippen molar-refractivity contribution < 1.29 is 4.79 Å². The Labute approximate surface area is 151 Å². The molecule has 0 fully saturated rings. The van der Waals surface area contributed by atoms with Crippen LogP contribution in [-0.2, 0) is 0 Å². The fraction of sp³-hybridized carbons (Fsp3) is 0.950. The minimum absolute atomic E-state index is 0.0882. The summed E-state index contributed by atoms with van der Waals surface area (Å²) in [6.45, 7) is 7.24. The largest absolute Gasteiger partial charge is 0.331 e. The maximum absolute atomic E-state index is 11.3.